The van der Waals surface area contributed by atoms with Crippen molar-refractivity contribution in [2.45, 2.75) is 25.1 Å². The molecule has 1 aromatic carbocycles. The van der Waals surface area contributed by atoms with Gasteiger partial charge in [-0.15, -0.1) is 0 Å². The summed E-state index contributed by atoms with van der Waals surface area (Å²) in [5.41, 5.74) is 1.36. The number of hydrogen-bond donors (Lipinski definition) is 0. The van der Waals surface area contributed by atoms with Crippen LogP contribution in [0.1, 0.15) is 30.7 Å². The minimum absolute atomic E-state index is 0.487. The van der Waals surface area contributed by atoms with Gasteiger partial charge in [0, 0.05) is 9.30 Å². The van der Waals surface area contributed by atoms with Crippen molar-refractivity contribution in [1.29, 1.82) is 0 Å². The molecule has 0 nitrogen and oxygen atoms in total. The summed E-state index contributed by atoms with van der Waals surface area (Å²) in [6.45, 7) is 4.49. The number of halogens is 2. The van der Waals surface area contributed by atoms with Crippen LogP contribution in [-0.2, 0) is 0 Å². The Labute approximate surface area is 97.0 Å². The van der Waals surface area contributed by atoms with Crippen molar-refractivity contribution in [2.24, 2.45) is 5.92 Å². The van der Waals surface area contributed by atoms with Crippen molar-refractivity contribution >= 4 is 31.9 Å². The van der Waals surface area contributed by atoms with Crippen LogP contribution in [0.5, 0.6) is 0 Å². The third-order valence-corrected chi connectivity index (χ3v) is 3.34. The first-order chi connectivity index (χ1) is 6.09. The van der Waals surface area contributed by atoms with Gasteiger partial charge < -0.3 is 0 Å². The fraction of sp³-hybridized carbons (Fsp3) is 0.455. The second-order valence-electron chi connectivity index (χ2n) is 3.65. The molecule has 0 aliphatic carbocycles. The zero-order chi connectivity index (χ0) is 9.84. The zero-order valence-corrected chi connectivity index (χ0v) is 11.1. The topological polar surface area (TPSA) is 0 Å². The lowest BCUT2D eigenvalue weighted by atomic mass is 10.0. The van der Waals surface area contributed by atoms with Gasteiger partial charge in [-0.1, -0.05) is 57.8 Å². The number of benzene rings is 1. The molecule has 0 amide bonds. The van der Waals surface area contributed by atoms with Crippen LogP contribution in [-0.4, -0.2) is 0 Å². The van der Waals surface area contributed by atoms with Crippen molar-refractivity contribution in [2.75, 3.05) is 0 Å². The molecule has 0 spiro atoms. The standard InChI is InChI=1S/C11H14Br2/c1-8(2)7-11(13)9-3-5-10(12)6-4-9/h3-6,8,11H,7H2,1-2H3. The lowest BCUT2D eigenvalue weighted by molar-refractivity contribution is 0.584. The zero-order valence-electron chi connectivity index (χ0n) is 7.93. The summed E-state index contributed by atoms with van der Waals surface area (Å²) in [7, 11) is 0. The molecule has 0 aliphatic rings. The maximum absolute atomic E-state index is 3.70. The van der Waals surface area contributed by atoms with Gasteiger partial charge in [0.25, 0.3) is 0 Å². The van der Waals surface area contributed by atoms with E-state index in [4.69, 9.17) is 0 Å². The summed E-state index contributed by atoms with van der Waals surface area (Å²) in [6.07, 6.45) is 1.18. The smallest absolute Gasteiger partial charge is 0.0397 e. The SMILES string of the molecule is CC(C)CC(Br)c1ccc(Br)cc1. The summed E-state index contributed by atoms with van der Waals surface area (Å²) >= 11 is 7.13. The molecule has 0 radical (unpaired) electrons. The average Bonchev–Trinajstić information content (AvgIpc) is 2.04. The average molecular weight is 306 g/mol. The highest BCUT2D eigenvalue weighted by Crippen LogP contribution is 2.30. The van der Waals surface area contributed by atoms with Gasteiger partial charge in [0.05, 0.1) is 0 Å². The maximum atomic E-state index is 3.70. The van der Waals surface area contributed by atoms with Crippen LogP contribution < -0.4 is 0 Å². The van der Waals surface area contributed by atoms with Gasteiger partial charge in [0.2, 0.25) is 0 Å². The quantitative estimate of drug-likeness (QED) is 0.695. The monoisotopic (exact) mass is 304 g/mol. The largest absolute Gasteiger partial charge is 0.0839 e. The first-order valence-corrected chi connectivity index (χ1v) is 6.20. The summed E-state index contributed by atoms with van der Waals surface area (Å²) in [5.74, 6) is 0.730. The summed E-state index contributed by atoms with van der Waals surface area (Å²) in [6, 6.07) is 8.49. The highest BCUT2D eigenvalue weighted by atomic mass is 79.9. The van der Waals surface area contributed by atoms with Crippen molar-refractivity contribution in [3.63, 3.8) is 0 Å². The summed E-state index contributed by atoms with van der Waals surface area (Å²) in [5, 5.41) is 0. The van der Waals surface area contributed by atoms with Crippen molar-refractivity contribution < 1.29 is 0 Å². The summed E-state index contributed by atoms with van der Waals surface area (Å²) < 4.78 is 1.14. The minimum atomic E-state index is 0.487. The molecule has 1 unspecified atom stereocenters. The second-order valence-corrected chi connectivity index (χ2v) is 5.67. The van der Waals surface area contributed by atoms with Crippen molar-refractivity contribution in [3.05, 3.63) is 34.3 Å². The molecule has 1 atom stereocenters. The first-order valence-electron chi connectivity index (χ1n) is 4.49. The Bertz CT molecular complexity index is 251. The lowest BCUT2D eigenvalue weighted by Gasteiger charge is -2.12. The molecule has 0 N–H and O–H groups in total. The van der Waals surface area contributed by atoms with Gasteiger partial charge in [-0.3, -0.25) is 0 Å². The molecule has 1 aromatic rings. The molecule has 0 saturated carbocycles. The van der Waals surface area contributed by atoms with Crippen LogP contribution in [0.25, 0.3) is 0 Å². The Hall–Kier alpha value is 0.180. The normalized spacial score (nSPS) is 13.3. The minimum Gasteiger partial charge on any atom is -0.0839 e. The van der Waals surface area contributed by atoms with Crippen LogP contribution >= 0.6 is 31.9 Å². The van der Waals surface area contributed by atoms with Gasteiger partial charge in [-0.05, 0) is 30.0 Å². The van der Waals surface area contributed by atoms with Crippen LogP contribution in [0, 0.1) is 5.92 Å². The van der Waals surface area contributed by atoms with E-state index in [0.717, 1.165) is 10.4 Å². The number of hydrogen-bond acceptors (Lipinski definition) is 0. The van der Waals surface area contributed by atoms with E-state index in [1.807, 2.05) is 0 Å². The molecule has 0 heterocycles. The lowest BCUT2D eigenvalue weighted by Crippen LogP contribution is -1.95. The first kappa shape index (κ1) is 11.3. The molecule has 2 heteroatoms. The fourth-order valence-electron chi connectivity index (χ4n) is 1.22. The van der Waals surface area contributed by atoms with E-state index in [1.165, 1.54) is 12.0 Å². The Morgan fingerprint density at radius 2 is 1.69 bits per heavy atom. The Morgan fingerprint density at radius 3 is 2.15 bits per heavy atom. The molecule has 0 aromatic heterocycles. The van der Waals surface area contributed by atoms with E-state index in [1.54, 1.807) is 0 Å². The van der Waals surface area contributed by atoms with Crippen molar-refractivity contribution in [1.82, 2.24) is 0 Å². The van der Waals surface area contributed by atoms with E-state index < -0.39 is 0 Å². The van der Waals surface area contributed by atoms with Gasteiger partial charge in [0.1, 0.15) is 0 Å². The number of rotatable bonds is 3. The van der Waals surface area contributed by atoms with E-state index in [0.29, 0.717) is 4.83 Å². The molecular formula is C11H14Br2. The predicted octanol–water partition coefficient (Wildman–Crippen LogP) is 4.93. The molecule has 0 bridgehead atoms. The Balaban J connectivity index is 2.66. The van der Waals surface area contributed by atoms with Gasteiger partial charge >= 0.3 is 0 Å². The van der Waals surface area contributed by atoms with Crippen LogP contribution in [0.3, 0.4) is 0 Å². The van der Waals surface area contributed by atoms with Gasteiger partial charge in [0.15, 0.2) is 0 Å². The third-order valence-electron chi connectivity index (χ3n) is 1.91. The molecule has 13 heavy (non-hydrogen) atoms. The highest BCUT2D eigenvalue weighted by molar-refractivity contribution is 9.10. The summed E-state index contributed by atoms with van der Waals surface area (Å²) in [4.78, 5) is 0.487. The molecule has 1 rings (SSSR count). The van der Waals surface area contributed by atoms with Gasteiger partial charge in [-0.25, -0.2) is 0 Å². The van der Waals surface area contributed by atoms with E-state index in [2.05, 4.69) is 70.0 Å². The van der Waals surface area contributed by atoms with E-state index in [-0.39, 0.29) is 0 Å². The molecular weight excluding hydrogens is 292 g/mol. The Kier molecular flexibility index (Phi) is 4.47. The van der Waals surface area contributed by atoms with E-state index >= 15 is 0 Å². The molecule has 72 valence electrons. The third kappa shape index (κ3) is 3.82. The van der Waals surface area contributed by atoms with Crippen LogP contribution in [0.15, 0.2) is 28.7 Å². The fourth-order valence-corrected chi connectivity index (χ4v) is 2.54. The predicted molar refractivity (Wildman–Crippen MR) is 65.3 cm³/mol. The number of alkyl halides is 1. The maximum Gasteiger partial charge on any atom is 0.0397 e. The molecule has 0 saturated heterocycles. The second kappa shape index (κ2) is 5.16. The molecule has 0 fully saturated rings. The van der Waals surface area contributed by atoms with Crippen LogP contribution in [0.2, 0.25) is 0 Å². The van der Waals surface area contributed by atoms with E-state index in [9.17, 15) is 0 Å². The Morgan fingerprint density at radius 1 is 1.15 bits per heavy atom. The van der Waals surface area contributed by atoms with Crippen molar-refractivity contribution in [3.8, 4) is 0 Å². The highest BCUT2D eigenvalue weighted by Gasteiger charge is 2.08. The molecule has 0 aliphatic heterocycles. The van der Waals surface area contributed by atoms with Gasteiger partial charge in [-0.2, -0.15) is 0 Å². The van der Waals surface area contributed by atoms with Crippen LogP contribution in [0.4, 0.5) is 0 Å².